The molecule has 5 nitrogen and oxygen atoms in total. The second-order valence-corrected chi connectivity index (χ2v) is 3.88. The summed E-state index contributed by atoms with van der Waals surface area (Å²) in [6, 6.07) is 0.0577. The molecule has 0 aromatic carbocycles. The normalized spacial score (nSPS) is 20.1. The van der Waals surface area contributed by atoms with Gasteiger partial charge in [-0.3, -0.25) is 0 Å². The first kappa shape index (κ1) is 9.45. The quantitative estimate of drug-likeness (QED) is 0.741. The fourth-order valence-electron chi connectivity index (χ4n) is 2.24. The highest BCUT2D eigenvalue weighted by Gasteiger charge is 2.26. The van der Waals surface area contributed by atoms with Gasteiger partial charge in [-0.15, -0.1) is 5.10 Å². The standard InChI is InChI=1S/C9H16N4O/c10-9-11-6-13(12-9)8(5-14)7-3-1-2-4-7/h6-8,14H,1-5H2,(H2,10,12). The molecule has 5 heteroatoms. The van der Waals surface area contributed by atoms with Crippen LogP contribution in [0.25, 0.3) is 0 Å². The summed E-state index contributed by atoms with van der Waals surface area (Å²) in [6.07, 6.45) is 6.46. The van der Waals surface area contributed by atoms with Crippen LogP contribution in [0.3, 0.4) is 0 Å². The summed E-state index contributed by atoms with van der Waals surface area (Å²) in [5, 5.41) is 13.4. The van der Waals surface area contributed by atoms with Gasteiger partial charge in [0.25, 0.3) is 0 Å². The molecular weight excluding hydrogens is 180 g/mol. The van der Waals surface area contributed by atoms with E-state index in [-0.39, 0.29) is 18.6 Å². The van der Waals surface area contributed by atoms with E-state index in [4.69, 9.17) is 5.73 Å². The molecule has 1 heterocycles. The molecule has 2 rings (SSSR count). The van der Waals surface area contributed by atoms with Crippen LogP contribution < -0.4 is 5.73 Å². The Balaban J connectivity index is 2.12. The molecule has 1 aromatic heterocycles. The Kier molecular flexibility index (Phi) is 2.67. The van der Waals surface area contributed by atoms with Gasteiger partial charge in [0.1, 0.15) is 6.33 Å². The fraction of sp³-hybridized carbons (Fsp3) is 0.778. The van der Waals surface area contributed by atoms with Crippen LogP contribution >= 0.6 is 0 Å². The van der Waals surface area contributed by atoms with E-state index in [2.05, 4.69) is 10.1 Å². The molecule has 1 aromatic rings. The van der Waals surface area contributed by atoms with Crippen molar-refractivity contribution in [3.8, 4) is 0 Å². The molecule has 1 atom stereocenters. The van der Waals surface area contributed by atoms with Gasteiger partial charge >= 0.3 is 0 Å². The van der Waals surface area contributed by atoms with E-state index in [1.165, 1.54) is 25.7 Å². The van der Waals surface area contributed by atoms with E-state index in [1.54, 1.807) is 11.0 Å². The Bertz CT molecular complexity index is 293. The first-order valence-electron chi connectivity index (χ1n) is 5.08. The highest BCUT2D eigenvalue weighted by molar-refractivity contribution is 5.09. The number of aliphatic hydroxyl groups is 1. The summed E-state index contributed by atoms with van der Waals surface area (Å²) in [7, 11) is 0. The number of aliphatic hydroxyl groups excluding tert-OH is 1. The van der Waals surface area contributed by atoms with Crippen molar-refractivity contribution in [3.05, 3.63) is 6.33 Å². The fourth-order valence-corrected chi connectivity index (χ4v) is 2.24. The zero-order chi connectivity index (χ0) is 9.97. The van der Waals surface area contributed by atoms with Gasteiger partial charge in [-0.2, -0.15) is 0 Å². The largest absolute Gasteiger partial charge is 0.394 e. The summed E-state index contributed by atoms with van der Waals surface area (Å²) in [5.41, 5.74) is 5.45. The second kappa shape index (κ2) is 3.96. The molecule has 0 spiro atoms. The van der Waals surface area contributed by atoms with Crippen molar-refractivity contribution in [2.75, 3.05) is 12.3 Å². The molecular formula is C9H16N4O. The summed E-state index contributed by atoms with van der Waals surface area (Å²) >= 11 is 0. The highest BCUT2D eigenvalue weighted by Crippen LogP contribution is 2.33. The number of rotatable bonds is 3. The Morgan fingerprint density at radius 2 is 2.29 bits per heavy atom. The van der Waals surface area contributed by atoms with Gasteiger partial charge in [-0.05, 0) is 18.8 Å². The maximum absolute atomic E-state index is 9.32. The third-order valence-electron chi connectivity index (χ3n) is 3.00. The lowest BCUT2D eigenvalue weighted by molar-refractivity contribution is 0.169. The number of hydrogen-bond acceptors (Lipinski definition) is 4. The maximum Gasteiger partial charge on any atom is 0.239 e. The van der Waals surface area contributed by atoms with Gasteiger partial charge in [0.2, 0.25) is 5.95 Å². The molecule has 14 heavy (non-hydrogen) atoms. The molecule has 0 bridgehead atoms. The van der Waals surface area contributed by atoms with E-state index in [1.807, 2.05) is 0 Å². The van der Waals surface area contributed by atoms with Crippen molar-refractivity contribution in [2.24, 2.45) is 5.92 Å². The van der Waals surface area contributed by atoms with Gasteiger partial charge in [-0.25, -0.2) is 9.67 Å². The van der Waals surface area contributed by atoms with Crippen LogP contribution in [0.2, 0.25) is 0 Å². The lowest BCUT2D eigenvalue weighted by atomic mass is 9.99. The monoisotopic (exact) mass is 196 g/mol. The summed E-state index contributed by atoms with van der Waals surface area (Å²) in [5.74, 6) is 0.808. The Labute approximate surface area is 82.9 Å². The molecule has 0 aliphatic heterocycles. The van der Waals surface area contributed by atoms with Crippen molar-refractivity contribution < 1.29 is 5.11 Å². The second-order valence-electron chi connectivity index (χ2n) is 3.88. The van der Waals surface area contributed by atoms with Crippen molar-refractivity contribution >= 4 is 5.95 Å². The topological polar surface area (TPSA) is 77.0 Å². The molecule has 1 unspecified atom stereocenters. The minimum Gasteiger partial charge on any atom is -0.394 e. The highest BCUT2D eigenvalue weighted by atomic mass is 16.3. The SMILES string of the molecule is Nc1ncn(C(CO)C2CCCC2)n1. The molecule has 0 radical (unpaired) electrons. The number of aromatic nitrogens is 3. The third-order valence-corrected chi connectivity index (χ3v) is 3.00. The summed E-state index contributed by atoms with van der Waals surface area (Å²) < 4.78 is 1.70. The van der Waals surface area contributed by atoms with Crippen molar-refractivity contribution in [1.82, 2.24) is 14.8 Å². The van der Waals surface area contributed by atoms with Crippen LogP contribution in [-0.4, -0.2) is 26.5 Å². The Hall–Kier alpha value is -1.10. The van der Waals surface area contributed by atoms with Crippen molar-refractivity contribution in [3.63, 3.8) is 0 Å². The first-order valence-corrected chi connectivity index (χ1v) is 5.08. The minimum absolute atomic E-state index is 0.0577. The number of hydrogen-bond donors (Lipinski definition) is 2. The van der Waals surface area contributed by atoms with Crippen LogP contribution in [0.15, 0.2) is 6.33 Å². The Morgan fingerprint density at radius 1 is 1.57 bits per heavy atom. The van der Waals surface area contributed by atoms with Crippen LogP contribution in [0.5, 0.6) is 0 Å². The molecule has 1 fully saturated rings. The predicted molar refractivity (Wildman–Crippen MR) is 52.5 cm³/mol. The lowest BCUT2D eigenvalue weighted by Gasteiger charge is -2.20. The van der Waals surface area contributed by atoms with E-state index in [9.17, 15) is 5.11 Å². The van der Waals surface area contributed by atoms with Crippen molar-refractivity contribution in [2.45, 2.75) is 31.7 Å². The van der Waals surface area contributed by atoms with Crippen LogP contribution in [-0.2, 0) is 0 Å². The summed E-state index contributed by atoms with van der Waals surface area (Å²) in [6.45, 7) is 0.119. The van der Waals surface area contributed by atoms with Gasteiger partial charge in [0, 0.05) is 0 Å². The number of nitrogens with zero attached hydrogens (tertiary/aromatic N) is 3. The number of nitrogen functional groups attached to an aromatic ring is 1. The van der Waals surface area contributed by atoms with E-state index in [0.717, 1.165) is 0 Å². The van der Waals surface area contributed by atoms with Crippen molar-refractivity contribution in [1.29, 1.82) is 0 Å². The average Bonchev–Trinajstić information content (AvgIpc) is 2.79. The number of nitrogens with two attached hydrogens (primary N) is 1. The van der Waals surface area contributed by atoms with Gasteiger partial charge in [-0.1, -0.05) is 12.8 Å². The number of anilines is 1. The lowest BCUT2D eigenvalue weighted by Crippen LogP contribution is -2.21. The molecule has 1 aliphatic rings. The zero-order valence-corrected chi connectivity index (χ0v) is 8.13. The van der Waals surface area contributed by atoms with Crippen LogP contribution in [0.4, 0.5) is 5.95 Å². The predicted octanol–water partition coefficient (Wildman–Crippen LogP) is 0.584. The van der Waals surface area contributed by atoms with E-state index < -0.39 is 0 Å². The van der Waals surface area contributed by atoms with Crippen LogP contribution in [0, 0.1) is 5.92 Å². The third kappa shape index (κ3) is 1.72. The molecule has 3 N–H and O–H groups in total. The van der Waals surface area contributed by atoms with Gasteiger partial charge in [0.15, 0.2) is 0 Å². The molecule has 0 saturated heterocycles. The summed E-state index contributed by atoms with van der Waals surface area (Å²) in [4.78, 5) is 3.88. The zero-order valence-electron chi connectivity index (χ0n) is 8.13. The molecule has 78 valence electrons. The molecule has 1 aliphatic carbocycles. The van der Waals surface area contributed by atoms with E-state index >= 15 is 0 Å². The van der Waals surface area contributed by atoms with Crippen LogP contribution in [0.1, 0.15) is 31.7 Å². The van der Waals surface area contributed by atoms with Gasteiger partial charge in [0.05, 0.1) is 12.6 Å². The smallest absolute Gasteiger partial charge is 0.239 e. The molecule has 1 saturated carbocycles. The average molecular weight is 196 g/mol. The van der Waals surface area contributed by atoms with E-state index in [0.29, 0.717) is 5.92 Å². The maximum atomic E-state index is 9.32. The first-order chi connectivity index (χ1) is 6.81. The Morgan fingerprint density at radius 3 is 2.79 bits per heavy atom. The minimum atomic E-state index is 0.0577. The molecule has 0 amide bonds. The van der Waals surface area contributed by atoms with Gasteiger partial charge < -0.3 is 10.8 Å².